The molecule has 0 spiro atoms. The molecule has 30 heavy (non-hydrogen) atoms. The fourth-order valence-electron chi connectivity index (χ4n) is 3.65. The Kier molecular flexibility index (Phi) is 6.54. The van der Waals surface area contributed by atoms with E-state index in [0.717, 1.165) is 29.1 Å². The maximum atomic E-state index is 11.1. The first-order valence-corrected chi connectivity index (χ1v) is 10.2. The van der Waals surface area contributed by atoms with E-state index in [1.807, 2.05) is 13.0 Å². The van der Waals surface area contributed by atoms with Crippen molar-refractivity contribution in [1.29, 1.82) is 5.26 Å². The minimum absolute atomic E-state index is 0.205. The van der Waals surface area contributed by atoms with Crippen LogP contribution in [-0.4, -0.2) is 15.6 Å². The third-order valence-electron chi connectivity index (χ3n) is 5.35. The lowest BCUT2D eigenvalue weighted by Gasteiger charge is -2.11. The van der Waals surface area contributed by atoms with Crippen LogP contribution in [0.2, 0.25) is 0 Å². The van der Waals surface area contributed by atoms with E-state index in [1.54, 1.807) is 12.1 Å². The quantitative estimate of drug-likeness (QED) is 0.482. The van der Waals surface area contributed by atoms with Crippen LogP contribution in [-0.2, 0) is 6.42 Å². The maximum absolute atomic E-state index is 11.1. The minimum Gasteiger partial charge on any atom is -0.478 e. The number of nitriles is 1. The monoisotopic (exact) mass is 398 g/mol. The van der Waals surface area contributed by atoms with E-state index in [0.29, 0.717) is 11.1 Å². The van der Waals surface area contributed by atoms with E-state index in [1.165, 1.54) is 30.5 Å². The van der Waals surface area contributed by atoms with Crippen molar-refractivity contribution < 1.29 is 9.90 Å². The summed E-state index contributed by atoms with van der Waals surface area (Å²) < 4.78 is 2.19. The number of nitrogens with zero attached hydrogens (tertiary/aromatic N) is 2. The number of aryl methyl sites for hydroxylation is 2. The van der Waals surface area contributed by atoms with Crippen LogP contribution in [0.25, 0.3) is 17.3 Å². The number of carbonyl (C=O) groups is 1. The lowest BCUT2D eigenvalue weighted by molar-refractivity contribution is 0.0697. The first-order valence-electron chi connectivity index (χ1n) is 10.2. The average Bonchev–Trinajstić information content (AvgIpc) is 3.03. The van der Waals surface area contributed by atoms with Crippen molar-refractivity contribution in [3.05, 3.63) is 88.2 Å². The highest BCUT2D eigenvalue weighted by atomic mass is 16.4. The van der Waals surface area contributed by atoms with Gasteiger partial charge < -0.3 is 9.67 Å². The number of hydrogen-bond donors (Lipinski definition) is 1. The van der Waals surface area contributed by atoms with Gasteiger partial charge in [-0.15, -0.1) is 0 Å². The summed E-state index contributed by atoms with van der Waals surface area (Å²) in [4.78, 5) is 11.1. The number of rotatable bonds is 7. The largest absolute Gasteiger partial charge is 0.478 e. The van der Waals surface area contributed by atoms with Crippen molar-refractivity contribution in [3.63, 3.8) is 0 Å². The molecule has 0 unspecified atom stereocenters. The fourth-order valence-corrected chi connectivity index (χ4v) is 3.65. The first kappa shape index (κ1) is 21.1. The molecule has 1 N–H and O–H groups in total. The molecule has 1 heterocycles. The van der Waals surface area contributed by atoms with Gasteiger partial charge in [-0.2, -0.15) is 5.26 Å². The Morgan fingerprint density at radius 1 is 1.07 bits per heavy atom. The van der Waals surface area contributed by atoms with Crippen LogP contribution in [0.1, 0.15) is 58.2 Å². The summed E-state index contributed by atoms with van der Waals surface area (Å²) in [5, 5.41) is 18.7. The number of carboxylic acids is 1. The SMILES string of the molecule is CCCCc1ccc(-n2c(C)cc(/C=C(/C#N)c3ccc(C(=O)O)cc3)c2C)cc1. The Bertz CT molecular complexity index is 1110. The van der Waals surface area contributed by atoms with E-state index in [9.17, 15) is 10.1 Å². The predicted octanol–water partition coefficient (Wildman–Crippen LogP) is 6.20. The second-order valence-corrected chi connectivity index (χ2v) is 7.48. The number of aromatic nitrogens is 1. The van der Waals surface area contributed by atoms with Gasteiger partial charge in [0, 0.05) is 17.1 Å². The van der Waals surface area contributed by atoms with Crippen molar-refractivity contribution >= 4 is 17.6 Å². The van der Waals surface area contributed by atoms with E-state index < -0.39 is 5.97 Å². The van der Waals surface area contributed by atoms with Crippen molar-refractivity contribution in [3.8, 4) is 11.8 Å². The molecular weight excluding hydrogens is 372 g/mol. The molecule has 0 amide bonds. The number of unbranched alkanes of at least 4 members (excludes halogenated alkanes) is 1. The first-order chi connectivity index (χ1) is 14.4. The van der Waals surface area contributed by atoms with E-state index in [-0.39, 0.29) is 5.56 Å². The van der Waals surface area contributed by atoms with Crippen molar-refractivity contribution in [2.24, 2.45) is 0 Å². The molecule has 1 aromatic heterocycles. The van der Waals surface area contributed by atoms with Gasteiger partial charge in [-0.25, -0.2) is 4.79 Å². The molecule has 2 aromatic carbocycles. The van der Waals surface area contributed by atoms with Gasteiger partial charge in [-0.3, -0.25) is 0 Å². The standard InChI is InChI=1S/C26H26N2O2/c1-4-5-6-20-7-13-25(14-8-20)28-18(2)15-23(19(28)3)16-24(17-27)21-9-11-22(12-10-21)26(29)30/h7-16H,4-6H2,1-3H3,(H,29,30)/b24-16-. The molecule has 0 aliphatic heterocycles. The number of aromatic carboxylic acids is 1. The molecule has 0 bridgehead atoms. The van der Waals surface area contributed by atoms with Gasteiger partial charge in [0.2, 0.25) is 0 Å². The normalized spacial score (nSPS) is 11.3. The molecule has 3 aromatic rings. The van der Waals surface area contributed by atoms with Gasteiger partial charge in [-0.1, -0.05) is 37.6 Å². The number of allylic oxidation sites excluding steroid dienone is 1. The van der Waals surface area contributed by atoms with E-state index >= 15 is 0 Å². The van der Waals surface area contributed by atoms with Crippen LogP contribution in [0.15, 0.2) is 54.6 Å². The summed E-state index contributed by atoms with van der Waals surface area (Å²) >= 11 is 0. The molecule has 0 fully saturated rings. The average molecular weight is 399 g/mol. The third kappa shape index (κ3) is 4.52. The smallest absolute Gasteiger partial charge is 0.335 e. The Balaban J connectivity index is 1.94. The van der Waals surface area contributed by atoms with Crippen LogP contribution in [0, 0.1) is 25.2 Å². The molecule has 0 saturated heterocycles. The maximum Gasteiger partial charge on any atom is 0.335 e. The highest BCUT2D eigenvalue weighted by molar-refractivity contribution is 5.92. The molecular formula is C26H26N2O2. The lowest BCUT2D eigenvalue weighted by Crippen LogP contribution is -1.99. The third-order valence-corrected chi connectivity index (χ3v) is 5.35. The Labute approximate surface area is 177 Å². The van der Waals surface area contributed by atoms with Gasteiger partial charge in [0.25, 0.3) is 0 Å². The van der Waals surface area contributed by atoms with Gasteiger partial charge in [0.05, 0.1) is 17.2 Å². The summed E-state index contributed by atoms with van der Waals surface area (Å²) in [5.74, 6) is -0.978. The molecule has 4 nitrogen and oxygen atoms in total. The molecule has 0 aliphatic carbocycles. The molecule has 0 radical (unpaired) electrons. The summed E-state index contributed by atoms with van der Waals surface area (Å²) in [6.45, 7) is 6.31. The molecule has 3 rings (SSSR count). The van der Waals surface area contributed by atoms with Crippen LogP contribution in [0.4, 0.5) is 0 Å². The minimum atomic E-state index is -0.978. The number of benzene rings is 2. The Morgan fingerprint density at radius 2 is 1.70 bits per heavy atom. The zero-order valence-corrected chi connectivity index (χ0v) is 17.6. The van der Waals surface area contributed by atoms with E-state index in [4.69, 9.17) is 5.11 Å². The van der Waals surface area contributed by atoms with Crippen LogP contribution < -0.4 is 0 Å². The van der Waals surface area contributed by atoms with Crippen LogP contribution >= 0.6 is 0 Å². The van der Waals surface area contributed by atoms with Gasteiger partial charge in [-0.05, 0) is 79.8 Å². The Morgan fingerprint density at radius 3 is 2.27 bits per heavy atom. The zero-order valence-electron chi connectivity index (χ0n) is 17.6. The predicted molar refractivity (Wildman–Crippen MR) is 121 cm³/mol. The lowest BCUT2D eigenvalue weighted by atomic mass is 10.0. The van der Waals surface area contributed by atoms with Crippen molar-refractivity contribution in [2.45, 2.75) is 40.0 Å². The highest BCUT2D eigenvalue weighted by Gasteiger charge is 2.12. The van der Waals surface area contributed by atoms with Gasteiger partial charge in [0.15, 0.2) is 0 Å². The topological polar surface area (TPSA) is 66.0 Å². The second kappa shape index (κ2) is 9.28. The van der Waals surface area contributed by atoms with Gasteiger partial charge >= 0.3 is 5.97 Å². The second-order valence-electron chi connectivity index (χ2n) is 7.48. The van der Waals surface area contributed by atoms with Crippen LogP contribution in [0.3, 0.4) is 0 Å². The van der Waals surface area contributed by atoms with Crippen LogP contribution in [0.5, 0.6) is 0 Å². The number of hydrogen-bond acceptors (Lipinski definition) is 2. The number of carboxylic acid groups (broad SMARTS) is 1. The molecule has 4 heteroatoms. The van der Waals surface area contributed by atoms with E-state index in [2.05, 4.69) is 54.8 Å². The molecule has 0 atom stereocenters. The fraction of sp³-hybridized carbons (Fsp3) is 0.231. The van der Waals surface area contributed by atoms with Crippen molar-refractivity contribution in [2.75, 3.05) is 0 Å². The highest BCUT2D eigenvalue weighted by Crippen LogP contribution is 2.26. The summed E-state index contributed by atoms with van der Waals surface area (Å²) in [7, 11) is 0. The Hall–Kier alpha value is -3.58. The molecule has 0 saturated carbocycles. The summed E-state index contributed by atoms with van der Waals surface area (Å²) in [5.41, 5.74) is 6.99. The van der Waals surface area contributed by atoms with Crippen molar-refractivity contribution in [1.82, 2.24) is 4.57 Å². The molecule has 0 aliphatic rings. The van der Waals surface area contributed by atoms with Gasteiger partial charge in [0.1, 0.15) is 0 Å². The zero-order chi connectivity index (χ0) is 21.7. The summed E-state index contributed by atoms with van der Waals surface area (Å²) in [6.07, 6.45) is 5.35. The summed E-state index contributed by atoms with van der Waals surface area (Å²) in [6, 6.07) is 19.4. The molecule has 152 valence electrons.